The molecule has 9 heteroatoms. The molecule has 0 radical (unpaired) electrons. The molecule has 178 valence electrons. The monoisotopic (exact) mass is 464 g/mol. The number of nitrogens with one attached hydrogen (secondary N) is 1. The summed E-state index contributed by atoms with van der Waals surface area (Å²) in [7, 11) is 4.75. The highest BCUT2D eigenvalue weighted by molar-refractivity contribution is 5.98. The van der Waals surface area contributed by atoms with Crippen molar-refractivity contribution in [3.8, 4) is 17.2 Å². The number of carbonyl (C=O) groups excluding carboxylic acids is 1. The summed E-state index contributed by atoms with van der Waals surface area (Å²) in [6.07, 6.45) is 0. The SMILES string of the molecule is COc1ccc([C@@H]2C(C(=O)N3CCOCC3)=C(C)Nc3nc4ccccc4n32)c(OC)c1OC. The summed E-state index contributed by atoms with van der Waals surface area (Å²) in [6.45, 7) is 4.05. The van der Waals surface area contributed by atoms with Crippen LogP contribution in [0, 0.1) is 0 Å². The number of hydrogen-bond donors (Lipinski definition) is 1. The summed E-state index contributed by atoms with van der Waals surface area (Å²) in [4.78, 5) is 20.6. The van der Waals surface area contributed by atoms with E-state index in [0.29, 0.717) is 55.1 Å². The number of para-hydroxylation sites is 2. The second kappa shape index (κ2) is 8.90. The fraction of sp³-hybridized carbons (Fsp3) is 0.360. The molecule has 0 unspecified atom stereocenters. The lowest BCUT2D eigenvalue weighted by Gasteiger charge is -2.35. The zero-order chi connectivity index (χ0) is 23.8. The molecule has 1 amide bonds. The molecule has 1 N–H and O–H groups in total. The molecule has 3 aromatic rings. The molecule has 3 heterocycles. The Hall–Kier alpha value is -3.72. The van der Waals surface area contributed by atoms with E-state index in [1.807, 2.05) is 48.2 Å². The molecule has 1 aromatic heterocycles. The van der Waals surface area contributed by atoms with Crippen molar-refractivity contribution in [2.75, 3.05) is 52.9 Å². The number of morpholine rings is 1. The molecule has 2 aliphatic heterocycles. The second-order valence-electron chi connectivity index (χ2n) is 8.19. The average Bonchev–Trinajstić information content (AvgIpc) is 3.24. The summed E-state index contributed by atoms with van der Waals surface area (Å²) < 4.78 is 24.5. The lowest BCUT2D eigenvalue weighted by Crippen LogP contribution is -2.44. The van der Waals surface area contributed by atoms with Crippen molar-refractivity contribution in [3.05, 3.63) is 53.2 Å². The number of anilines is 1. The standard InChI is InChI=1S/C25H28N4O5/c1-15-20(24(30)28-11-13-34-14-12-28)21(16-9-10-19(31-2)23(33-4)22(16)32-3)29-18-8-6-5-7-17(18)27-25(29)26-15/h5-10,21H,11-14H2,1-4H3,(H,26,27)/t21-/m1/s1. The van der Waals surface area contributed by atoms with Gasteiger partial charge in [0.05, 0.1) is 57.2 Å². The molecule has 1 saturated heterocycles. The van der Waals surface area contributed by atoms with Gasteiger partial charge in [-0.3, -0.25) is 9.36 Å². The smallest absolute Gasteiger partial charge is 0.254 e. The predicted octanol–water partition coefficient (Wildman–Crippen LogP) is 3.21. The number of fused-ring (bicyclic) bond motifs is 3. The minimum atomic E-state index is -0.492. The van der Waals surface area contributed by atoms with Crippen molar-refractivity contribution < 1.29 is 23.7 Å². The van der Waals surface area contributed by atoms with E-state index >= 15 is 0 Å². The van der Waals surface area contributed by atoms with Crippen LogP contribution in [0.25, 0.3) is 11.0 Å². The maximum Gasteiger partial charge on any atom is 0.254 e. The summed E-state index contributed by atoms with van der Waals surface area (Å²) in [5.74, 6) is 2.16. The Morgan fingerprint density at radius 3 is 2.47 bits per heavy atom. The highest BCUT2D eigenvalue weighted by Gasteiger charge is 2.38. The third kappa shape index (κ3) is 3.43. The Kier molecular flexibility index (Phi) is 5.79. The first-order valence-electron chi connectivity index (χ1n) is 11.2. The van der Waals surface area contributed by atoms with Crippen LogP contribution >= 0.6 is 0 Å². The fourth-order valence-corrected chi connectivity index (χ4v) is 4.81. The van der Waals surface area contributed by atoms with Gasteiger partial charge in [-0.05, 0) is 31.2 Å². The normalized spacial score (nSPS) is 17.9. The predicted molar refractivity (Wildman–Crippen MR) is 128 cm³/mol. The summed E-state index contributed by atoms with van der Waals surface area (Å²) >= 11 is 0. The number of aromatic nitrogens is 2. The maximum atomic E-state index is 13.9. The summed E-state index contributed by atoms with van der Waals surface area (Å²) in [5.41, 5.74) is 3.90. The van der Waals surface area contributed by atoms with Gasteiger partial charge in [-0.2, -0.15) is 0 Å². The van der Waals surface area contributed by atoms with E-state index in [1.54, 1.807) is 21.3 Å². The molecule has 0 bridgehead atoms. The molecule has 0 saturated carbocycles. The van der Waals surface area contributed by atoms with E-state index in [1.165, 1.54) is 0 Å². The molecule has 1 fully saturated rings. The number of ether oxygens (including phenoxy) is 4. The molecule has 5 rings (SSSR count). The van der Waals surface area contributed by atoms with Crippen LogP contribution in [-0.4, -0.2) is 68.0 Å². The first-order valence-corrected chi connectivity index (χ1v) is 11.2. The zero-order valence-corrected chi connectivity index (χ0v) is 19.8. The van der Waals surface area contributed by atoms with Gasteiger partial charge < -0.3 is 29.2 Å². The van der Waals surface area contributed by atoms with Crippen molar-refractivity contribution in [3.63, 3.8) is 0 Å². The number of methoxy groups -OCH3 is 3. The second-order valence-corrected chi connectivity index (χ2v) is 8.19. The van der Waals surface area contributed by atoms with Gasteiger partial charge in [0.25, 0.3) is 5.91 Å². The van der Waals surface area contributed by atoms with E-state index in [9.17, 15) is 4.79 Å². The zero-order valence-electron chi connectivity index (χ0n) is 19.8. The van der Waals surface area contributed by atoms with Crippen molar-refractivity contribution in [1.29, 1.82) is 0 Å². The molecule has 1 atom stereocenters. The van der Waals surface area contributed by atoms with E-state index in [0.717, 1.165) is 22.3 Å². The lowest BCUT2D eigenvalue weighted by atomic mass is 9.92. The molecule has 34 heavy (non-hydrogen) atoms. The quantitative estimate of drug-likeness (QED) is 0.620. The van der Waals surface area contributed by atoms with Crippen LogP contribution in [0.2, 0.25) is 0 Å². The van der Waals surface area contributed by atoms with Gasteiger partial charge in [-0.25, -0.2) is 4.98 Å². The molecule has 9 nitrogen and oxygen atoms in total. The van der Waals surface area contributed by atoms with Crippen LogP contribution in [0.15, 0.2) is 47.7 Å². The van der Waals surface area contributed by atoms with Crippen molar-refractivity contribution in [2.24, 2.45) is 0 Å². The van der Waals surface area contributed by atoms with Crippen LogP contribution in [0.1, 0.15) is 18.5 Å². The first-order chi connectivity index (χ1) is 16.6. The minimum absolute atomic E-state index is 0.0430. The Morgan fingerprint density at radius 1 is 1.03 bits per heavy atom. The van der Waals surface area contributed by atoms with Gasteiger partial charge in [0, 0.05) is 24.4 Å². The Bertz CT molecular complexity index is 1280. The molecule has 2 aliphatic rings. The number of nitrogens with zero attached hydrogens (tertiary/aromatic N) is 3. The number of rotatable bonds is 5. The van der Waals surface area contributed by atoms with Crippen molar-refractivity contribution >= 4 is 22.9 Å². The number of carbonyl (C=O) groups is 1. The maximum absolute atomic E-state index is 13.9. The fourth-order valence-electron chi connectivity index (χ4n) is 4.81. The molecular weight excluding hydrogens is 436 g/mol. The van der Waals surface area contributed by atoms with Gasteiger partial charge in [0.1, 0.15) is 0 Å². The van der Waals surface area contributed by atoms with E-state index < -0.39 is 6.04 Å². The molecule has 0 aliphatic carbocycles. The van der Waals surface area contributed by atoms with Gasteiger partial charge in [-0.15, -0.1) is 0 Å². The van der Waals surface area contributed by atoms with Gasteiger partial charge in [0.2, 0.25) is 11.7 Å². The van der Waals surface area contributed by atoms with E-state index in [-0.39, 0.29) is 5.91 Å². The summed E-state index contributed by atoms with van der Waals surface area (Å²) in [6, 6.07) is 11.2. The van der Waals surface area contributed by atoms with Crippen LogP contribution in [0.5, 0.6) is 17.2 Å². The van der Waals surface area contributed by atoms with Crippen molar-refractivity contribution in [2.45, 2.75) is 13.0 Å². The highest BCUT2D eigenvalue weighted by Crippen LogP contribution is 2.48. The van der Waals surface area contributed by atoms with Crippen LogP contribution in [-0.2, 0) is 9.53 Å². The van der Waals surface area contributed by atoms with Crippen LogP contribution in [0.4, 0.5) is 5.95 Å². The minimum Gasteiger partial charge on any atom is -0.493 e. The third-order valence-corrected chi connectivity index (χ3v) is 6.39. The van der Waals surface area contributed by atoms with Crippen LogP contribution in [0.3, 0.4) is 0 Å². The Balaban J connectivity index is 1.77. The van der Waals surface area contributed by atoms with Gasteiger partial charge in [-0.1, -0.05) is 12.1 Å². The van der Waals surface area contributed by atoms with Gasteiger partial charge in [0.15, 0.2) is 11.5 Å². The Morgan fingerprint density at radius 2 is 1.76 bits per heavy atom. The topological polar surface area (TPSA) is 87.1 Å². The van der Waals surface area contributed by atoms with Crippen LogP contribution < -0.4 is 19.5 Å². The number of allylic oxidation sites excluding steroid dienone is 1. The molecule has 0 spiro atoms. The van der Waals surface area contributed by atoms with Crippen molar-refractivity contribution in [1.82, 2.24) is 14.5 Å². The summed E-state index contributed by atoms with van der Waals surface area (Å²) in [5, 5.41) is 3.36. The largest absolute Gasteiger partial charge is 0.493 e. The lowest BCUT2D eigenvalue weighted by molar-refractivity contribution is -0.131. The van der Waals surface area contributed by atoms with Gasteiger partial charge >= 0.3 is 0 Å². The first kappa shape index (κ1) is 22.1. The number of amides is 1. The van der Waals surface area contributed by atoms with E-state index in [4.69, 9.17) is 23.9 Å². The van der Waals surface area contributed by atoms with E-state index in [2.05, 4.69) is 9.88 Å². The average molecular weight is 465 g/mol. The number of hydrogen-bond acceptors (Lipinski definition) is 7. The Labute approximate surface area is 197 Å². The number of imidazole rings is 1. The third-order valence-electron chi connectivity index (χ3n) is 6.39. The molecular formula is C25H28N4O5. The molecule has 2 aromatic carbocycles. The number of benzene rings is 2. The highest BCUT2D eigenvalue weighted by atomic mass is 16.5.